The number of rotatable bonds is 0. The summed E-state index contributed by atoms with van der Waals surface area (Å²) < 4.78 is 0. The van der Waals surface area contributed by atoms with Gasteiger partial charge in [0.2, 0.25) is 0 Å². The van der Waals surface area contributed by atoms with Gasteiger partial charge in [-0.1, -0.05) is 0 Å². The van der Waals surface area contributed by atoms with E-state index in [2.05, 4.69) is 0 Å². The van der Waals surface area contributed by atoms with Crippen LogP contribution in [0.2, 0.25) is 0 Å². The van der Waals surface area contributed by atoms with Crippen LogP contribution in [-0.4, -0.2) is 168 Å². The van der Waals surface area contributed by atoms with Crippen molar-refractivity contribution in [3.05, 3.63) is 0 Å². The fraction of sp³-hybridized carbons (Fsp3) is 0. The van der Waals surface area contributed by atoms with Gasteiger partial charge in [-0.3, -0.25) is 0 Å². The second-order valence-corrected chi connectivity index (χ2v) is 0. The van der Waals surface area contributed by atoms with Gasteiger partial charge in [0.1, 0.15) is 0 Å². The molecule has 6 heavy (non-hydrogen) atoms. The third kappa shape index (κ3) is 22.5. The summed E-state index contributed by atoms with van der Waals surface area (Å²) in [6.07, 6.45) is 0. The first kappa shape index (κ1) is 40.6. The third-order valence-electron chi connectivity index (χ3n) is 0. The molecule has 0 aromatic heterocycles. The van der Waals surface area contributed by atoms with Crippen LogP contribution in [0.1, 0.15) is 0 Å². The van der Waals surface area contributed by atoms with E-state index in [1.807, 2.05) is 0 Å². The van der Waals surface area contributed by atoms with Crippen molar-refractivity contribution >= 4 is 182 Å². The SMILES string of the molecule is [Al+3].[Ca+2].[Ca+2].[Ca+2].[Ca+2].[S-2]. The van der Waals surface area contributed by atoms with Gasteiger partial charge in [0.25, 0.3) is 0 Å². The van der Waals surface area contributed by atoms with Crippen molar-refractivity contribution < 1.29 is 0 Å². The van der Waals surface area contributed by atoms with Gasteiger partial charge in [-0.25, -0.2) is 0 Å². The molecule has 0 spiro atoms. The maximum absolute atomic E-state index is 0. The zero-order chi connectivity index (χ0) is 0. The normalized spacial score (nSPS) is 0. The minimum atomic E-state index is 0. The van der Waals surface area contributed by atoms with Crippen molar-refractivity contribution in [1.82, 2.24) is 0 Å². The predicted octanol–water partition coefficient (Wildman–Crippen LogP) is -1.91. The molecule has 0 amide bonds. The van der Waals surface area contributed by atoms with Crippen molar-refractivity contribution in [2.24, 2.45) is 0 Å². The van der Waals surface area contributed by atoms with Crippen LogP contribution in [0.5, 0.6) is 0 Å². The van der Waals surface area contributed by atoms with Crippen molar-refractivity contribution in [2.45, 2.75) is 0 Å². The Morgan fingerprint density at radius 2 is 0.500 bits per heavy atom. The summed E-state index contributed by atoms with van der Waals surface area (Å²) in [5, 5.41) is 0. The van der Waals surface area contributed by atoms with Crippen LogP contribution in [0, 0.1) is 0 Å². The fourth-order valence-corrected chi connectivity index (χ4v) is 0. The smallest absolute Gasteiger partial charge is 2.00 e. The van der Waals surface area contributed by atoms with Gasteiger partial charge in [0, 0.05) is 0 Å². The van der Waals surface area contributed by atoms with Crippen LogP contribution in [0.3, 0.4) is 0 Å². The average molecular weight is 219 g/mol. The molecule has 0 aromatic rings. The average Bonchev–Trinajstić information content (AvgIpc) is 0. The molecule has 0 aliphatic rings. The molecule has 0 aliphatic carbocycles. The van der Waals surface area contributed by atoms with Crippen LogP contribution in [0.25, 0.3) is 0 Å². The summed E-state index contributed by atoms with van der Waals surface area (Å²) in [4.78, 5) is 0. The second kappa shape index (κ2) is 30.7. The molecule has 0 radical (unpaired) electrons. The molecule has 8 valence electrons. The van der Waals surface area contributed by atoms with Crippen LogP contribution >= 0.6 is 0 Å². The molecule has 0 aliphatic heterocycles. The summed E-state index contributed by atoms with van der Waals surface area (Å²) in [5.41, 5.74) is 0. The van der Waals surface area contributed by atoms with E-state index in [1.54, 1.807) is 0 Å². The molecule has 6 heteroatoms. The van der Waals surface area contributed by atoms with E-state index in [-0.39, 0.29) is 182 Å². The topological polar surface area (TPSA) is 0 Å². The molecule has 0 fully saturated rings. The Balaban J connectivity index is 0. The van der Waals surface area contributed by atoms with E-state index in [1.165, 1.54) is 0 Å². The monoisotopic (exact) mass is 219 g/mol. The third-order valence-corrected chi connectivity index (χ3v) is 0. The fourth-order valence-electron chi connectivity index (χ4n) is 0. The van der Waals surface area contributed by atoms with Crippen LogP contribution in [0.4, 0.5) is 0 Å². The van der Waals surface area contributed by atoms with Crippen LogP contribution < -0.4 is 0 Å². The maximum Gasteiger partial charge on any atom is 3.00 e. The van der Waals surface area contributed by atoms with Gasteiger partial charge in [-0.15, -0.1) is 0 Å². The zero-order valence-corrected chi connectivity index (χ0v) is 14.6. The standard InChI is InChI=1S/Al.4Ca.S/q+3;4*+2;-2. The summed E-state index contributed by atoms with van der Waals surface area (Å²) in [6, 6.07) is 0. The number of hydrogen-bond donors (Lipinski definition) is 0. The van der Waals surface area contributed by atoms with E-state index in [0.29, 0.717) is 0 Å². The Labute approximate surface area is 176 Å². The molecular formula is AlCa4S+9. The van der Waals surface area contributed by atoms with E-state index in [9.17, 15) is 0 Å². The quantitative estimate of drug-likeness (QED) is 0.417. The molecular weight excluding hydrogens is 219 g/mol. The van der Waals surface area contributed by atoms with Gasteiger partial charge in [-0.05, 0) is 0 Å². The van der Waals surface area contributed by atoms with Crippen LogP contribution in [-0.2, 0) is 13.5 Å². The minimum absolute atomic E-state index is 0. The first-order valence-electron chi connectivity index (χ1n) is 0. The van der Waals surface area contributed by atoms with E-state index >= 15 is 0 Å². The Hall–Kier alpha value is 5.92. The first-order chi connectivity index (χ1) is 0. The van der Waals surface area contributed by atoms with Crippen molar-refractivity contribution in [3.63, 3.8) is 0 Å². The molecule has 0 saturated carbocycles. The maximum atomic E-state index is 0. The molecule has 0 atom stereocenters. The number of hydrogen-bond acceptors (Lipinski definition) is 0. The molecule has 0 saturated heterocycles. The molecule has 0 bridgehead atoms. The van der Waals surface area contributed by atoms with E-state index in [0.717, 1.165) is 0 Å². The molecule has 0 rings (SSSR count). The van der Waals surface area contributed by atoms with Gasteiger partial charge in [0.15, 0.2) is 0 Å². The summed E-state index contributed by atoms with van der Waals surface area (Å²) in [6.45, 7) is 0. The summed E-state index contributed by atoms with van der Waals surface area (Å²) in [7, 11) is 0. The van der Waals surface area contributed by atoms with E-state index in [4.69, 9.17) is 0 Å². The summed E-state index contributed by atoms with van der Waals surface area (Å²) >= 11 is 0. The van der Waals surface area contributed by atoms with Gasteiger partial charge in [-0.2, -0.15) is 0 Å². The Morgan fingerprint density at radius 1 is 0.500 bits per heavy atom. The van der Waals surface area contributed by atoms with Gasteiger partial charge in [0.05, 0.1) is 0 Å². The molecule has 0 heterocycles. The van der Waals surface area contributed by atoms with E-state index < -0.39 is 0 Å². The van der Waals surface area contributed by atoms with Crippen molar-refractivity contribution in [2.75, 3.05) is 0 Å². The Morgan fingerprint density at radius 3 is 0.500 bits per heavy atom. The second-order valence-electron chi connectivity index (χ2n) is 0. The molecule has 0 aromatic carbocycles. The molecule has 0 unspecified atom stereocenters. The Kier molecular flexibility index (Phi) is 207. The van der Waals surface area contributed by atoms with Crippen molar-refractivity contribution in [1.29, 1.82) is 0 Å². The van der Waals surface area contributed by atoms with Gasteiger partial charge >= 0.3 is 168 Å². The molecule has 0 N–H and O–H groups in total. The zero-order valence-electron chi connectivity index (χ0n) is 3.81. The minimum Gasteiger partial charge on any atom is -2.00 e. The first-order valence-corrected chi connectivity index (χ1v) is 0. The van der Waals surface area contributed by atoms with Crippen molar-refractivity contribution in [3.8, 4) is 0 Å². The largest absolute Gasteiger partial charge is 3.00 e. The summed E-state index contributed by atoms with van der Waals surface area (Å²) in [5.74, 6) is 0. The molecule has 0 nitrogen and oxygen atoms in total. The Bertz CT molecular complexity index is 7.51. The van der Waals surface area contributed by atoms with Crippen LogP contribution in [0.15, 0.2) is 0 Å². The predicted molar refractivity (Wildman–Crippen MR) is 36.1 cm³/mol. The van der Waals surface area contributed by atoms with Gasteiger partial charge < -0.3 is 13.5 Å².